The van der Waals surface area contributed by atoms with Crippen LogP contribution in [0.5, 0.6) is 0 Å². The van der Waals surface area contributed by atoms with Gasteiger partial charge in [0.1, 0.15) is 0 Å². The topological polar surface area (TPSA) is 30.7 Å². The average molecular weight is 323 g/mol. The van der Waals surface area contributed by atoms with Crippen LogP contribution in [0.4, 0.5) is 0 Å². The van der Waals surface area contributed by atoms with E-state index in [9.17, 15) is 0 Å². The van der Waals surface area contributed by atoms with Crippen molar-refractivity contribution < 1.29 is 0 Å². The van der Waals surface area contributed by atoms with Crippen molar-refractivity contribution in [2.24, 2.45) is 0 Å². The van der Waals surface area contributed by atoms with E-state index in [0.29, 0.717) is 5.88 Å². The maximum Gasteiger partial charge on any atom is 0.0979 e. The van der Waals surface area contributed by atoms with Gasteiger partial charge in [0.25, 0.3) is 0 Å². The molecule has 0 unspecified atom stereocenters. The summed E-state index contributed by atoms with van der Waals surface area (Å²) in [4.78, 5) is 0. The van der Waals surface area contributed by atoms with E-state index in [0.717, 1.165) is 15.9 Å². The van der Waals surface area contributed by atoms with Gasteiger partial charge >= 0.3 is 0 Å². The van der Waals surface area contributed by atoms with Crippen LogP contribution in [0.25, 0.3) is 16.5 Å². The van der Waals surface area contributed by atoms with E-state index in [2.05, 4.69) is 50.5 Å². The van der Waals surface area contributed by atoms with Gasteiger partial charge in [-0.1, -0.05) is 33.3 Å². The minimum Gasteiger partial charge on any atom is -0.220 e. The molecule has 0 spiro atoms. The van der Waals surface area contributed by atoms with Crippen LogP contribution in [-0.2, 0) is 5.88 Å². The quantitative estimate of drug-likeness (QED) is 0.669. The number of halogens is 2. The summed E-state index contributed by atoms with van der Waals surface area (Å²) in [6.07, 6.45) is 1.84. The predicted molar refractivity (Wildman–Crippen MR) is 76.1 cm³/mol. The predicted octanol–water partition coefficient (Wildman–Crippen LogP) is 3.92. The number of rotatable bonds is 2. The lowest BCUT2D eigenvalue weighted by molar-refractivity contribution is 0.801. The van der Waals surface area contributed by atoms with E-state index < -0.39 is 0 Å². The molecule has 18 heavy (non-hydrogen) atoms. The molecule has 0 saturated carbocycles. The van der Waals surface area contributed by atoms with E-state index in [1.54, 1.807) is 4.68 Å². The van der Waals surface area contributed by atoms with Gasteiger partial charge < -0.3 is 0 Å². The molecule has 0 aliphatic rings. The Morgan fingerprint density at radius 3 is 2.67 bits per heavy atom. The second-order valence-electron chi connectivity index (χ2n) is 3.96. The van der Waals surface area contributed by atoms with Crippen LogP contribution in [-0.4, -0.2) is 15.0 Å². The van der Waals surface area contributed by atoms with Crippen LogP contribution in [0, 0.1) is 0 Å². The molecule has 0 fully saturated rings. The number of benzene rings is 2. The summed E-state index contributed by atoms with van der Waals surface area (Å²) < 4.78 is 2.81. The van der Waals surface area contributed by atoms with Gasteiger partial charge in [0.15, 0.2) is 0 Å². The second kappa shape index (κ2) is 4.71. The zero-order valence-corrected chi connectivity index (χ0v) is 11.7. The standard InChI is InChI=1S/C13H9BrClN3/c14-11-3-1-10-6-13(4-2-9(10)5-11)18-8-12(7-15)16-17-18/h1-6,8H,7H2. The van der Waals surface area contributed by atoms with Gasteiger partial charge in [-0.3, -0.25) is 0 Å². The van der Waals surface area contributed by atoms with Gasteiger partial charge in [0.2, 0.25) is 0 Å². The first-order chi connectivity index (χ1) is 8.76. The highest BCUT2D eigenvalue weighted by Crippen LogP contribution is 2.22. The lowest BCUT2D eigenvalue weighted by Crippen LogP contribution is -1.94. The molecule has 2 aromatic carbocycles. The lowest BCUT2D eigenvalue weighted by Gasteiger charge is -2.03. The van der Waals surface area contributed by atoms with Crippen LogP contribution in [0.2, 0.25) is 0 Å². The third-order valence-electron chi connectivity index (χ3n) is 2.73. The molecule has 0 N–H and O–H groups in total. The first-order valence-corrected chi connectivity index (χ1v) is 6.76. The molecule has 0 amide bonds. The largest absolute Gasteiger partial charge is 0.220 e. The maximum atomic E-state index is 5.72. The number of hydrogen-bond donors (Lipinski definition) is 0. The van der Waals surface area contributed by atoms with Crippen molar-refractivity contribution in [1.29, 1.82) is 0 Å². The van der Waals surface area contributed by atoms with Gasteiger partial charge in [0, 0.05) is 4.47 Å². The zero-order chi connectivity index (χ0) is 12.5. The normalized spacial score (nSPS) is 11.0. The molecule has 0 aliphatic carbocycles. The Kier molecular flexibility index (Phi) is 3.06. The Bertz CT molecular complexity index is 708. The van der Waals surface area contributed by atoms with Crippen molar-refractivity contribution in [1.82, 2.24) is 15.0 Å². The van der Waals surface area contributed by atoms with E-state index in [4.69, 9.17) is 11.6 Å². The summed E-state index contributed by atoms with van der Waals surface area (Å²) in [5.74, 6) is 0.376. The van der Waals surface area contributed by atoms with Gasteiger partial charge in [-0.2, -0.15) is 0 Å². The van der Waals surface area contributed by atoms with Crippen LogP contribution >= 0.6 is 27.5 Å². The first-order valence-electron chi connectivity index (χ1n) is 5.43. The van der Waals surface area contributed by atoms with Crippen LogP contribution in [0.15, 0.2) is 47.1 Å². The van der Waals surface area contributed by atoms with Crippen molar-refractivity contribution >= 4 is 38.3 Å². The van der Waals surface area contributed by atoms with Crippen molar-refractivity contribution in [3.05, 3.63) is 52.8 Å². The summed E-state index contributed by atoms with van der Waals surface area (Å²) in [5.41, 5.74) is 1.75. The van der Waals surface area contributed by atoms with E-state index in [-0.39, 0.29) is 0 Å². The number of hydrogen-bond acceptors (Lipinski definition) is 2. The number of fused-ring (bicyclic) bond motifs is 1. The van der Waals surface area contributed by atoms with Crippen LogP contribution in [0.3, 0.4) is 0 Å². The fourth-order valence-corrected chi connectivity index (χ4v) is 2.33. The fourth-order valence-electron chi connectivity index (χ4n) is 1.83. The molecule has 0 bridgehead atoms. The monoisotopic (exact) mass is 321 g/mol. The molecule has 90 valence electrons. The molecule has 0 radical (unpaired) electrons. The lowest BCUT2D eigenvalue weighted by atomic mass is 10.1. The Balaban J connectivity index is 2.10. The van der Waals surface area contributed by atoms with Crippen molar-refractivity contribution in [3.8, 4) is 5.69 Å². The summed E-state index contributed by atoms with van der Waals surface area (Å²) in [5, 5.41) is 10.4. The first kappa shape index (κ1) is 11.7. The zero-order valence-electron chi connectivity index (χ0n) is 9.35. The molecule has 0 atom stereocenters. The average Bonchev–Trinajstić information content (AvgIpc) is 2.87. The van der Waals surface area contributed by atoms with Crippen LogP contribution < -0.4 is 0 Å². The molecule has 3 rings (SSSR count). The van der Waals surface area contributed by atoms with Crippen molar-refractivity contribution in [2.75, 3.05) is 0 Å². The maximum absolute atomic E-state index is 5.72. The van der Waals surface area contributed by atoms with E-state index in [1.807, 2.05) is 18.3 Å². The van der Waals surface area contributed by atoms with Crippen molar-refractivity contribution in [2.45, 2.75) is 5.88 Å². The smallest absolute Gasteiger partial charge is 0.0979 e. The molecule has 3 aromatic rings. The van der Waals surface area contributed by atoms with E-state index in [1.165, 1.54) is 10.8 Å². The molecule has 1 aromatic heterocycles. The number of aromatic nitrogens is 3. The Morgan fingerprint density at radius 2 is 1.89 bits per heavy atom. The molecule has 5 heteroatoms. The Morgan fingerprint density at radius 1 is 1.11 bits per heavy atom. The van der Waals surface area contributed by atoms with E-state index >= 15 is 0 Å². The summed E-state index contributed by atoms with van der Waals surface area (Å²) in [6.45, 7) is 0. The SMILES string of the molecule is ClCc1cn(-c2ccc3cc(Br)ccc3c2)nn1. The molecule has 0 saturated heterocycles. The second-order valence-corrected chi connectivity index (χ2v) is 5.15. The highest BCUT2D eigenvalue weighted by Gasteiger charge is 2.03. The van der Waals surface area contributed by atoms with Crippen LogP contribution in [0.1, 0.15) is 5.69 Å². The van der Waals surface area contributed by atoms with Crippen molar-refractivity contribution in [3.63, 3.8) is 0 Å². The highest BCUT2D eigenvalue weighted by atomic mass is 79.9. The third kappa shape index (κ3) is 2.13. The Hall–Kier alpha value is -1.39. The number of nitrogens with zero attached hydrogens (tertiary/aromatic N) is 3. The summed E-state index contributed by atoms with van der Waals surface area (Å²) >= 11 is 9.19. The molecule has 1 heterocycles. The van der Waals surface area contributed by atoms with Gasteiger partial charge in [0.05, 0.1) is 23.5 Å². The summed E-state index contributed by atoms with van der Waals surface area (Å²) in [7, 11) is 0. The number of alkyl halides is 1. The minimum absolute atomic E-state index is 0.376. The molecular formula is C13H9BrClN3. The van der Waals surface area contributed by atoms with Gasteiger partial charge in [-0.05, 0) is 35.0 Å². The third-order valence-corrected chi connectivity index (χ3v) is 3.50. The Labute approximate surface area is 118 Å². The molecule has 3 nitrogen and oxygen atoms in total. The van der Waals surface area contributed by atoms with Gasteiger partial charge in [-0.15, -0.1) is 16.7 Å². The molecular weight excluding hydrogens is 314 g/mol. The minimum atomic E-state index is 0.376. The highest BCUT2D eigenvalue weighted by molar-refractivity contribution is 9.10. The van der Waals surface area contributed by atoms with Gasteiger partial charge in [-0.25, -0.2) is 4.68 Å². The summed E-state index contributed by atoms with van der Waals surface area (Å²) in [6, 6.07) is 12.3. The fraction of sp³-hybridized carbons (Fsp3) is 0.0769. The molecule has 0 aliphatic heterocycles.